The van der Waals surface area contributed by atoms with Gasteiger partial charge in [0.1, 0.15) is 0 Å². The molecule has 0 bridgehead atoms. The van der Waals surface area contributed by atoms with Gasteiger partial charge in [-0.2, -0.15) is 9.13 Å². The Bertz CT molecular complexity index is 900. The lowest BCUT2D eigenvalue weighted by atomic mass is 10.2. The van der Waals surface area contributed by atoms with Crippen LogP contribution >= 0.6 is 0 Å². The first-order valence-electron chi connectivity index (χ1n) is 8.00. The van der Waals surface area contributed by atoms with Gasteiger partial charge in [0.2, 0.25) is 0 Å². The van der Waals surface area contributed by atoms with Crippen LogP contribution in [0.3, 0.4) is 0 Å². The number of hydrogen-bond acceptors (Lipinski definition) is 7. The van der Waals surface area contributed by atoms with Crippen molar-refractivity contribution in [3.05, 3.63) is 67.3 Å². The van der Waals surface area contributed by atoms with Gasteiger partial charge in [0.25, 0.3) is 11.8 Å². The Morgan fingerprint density at radius 1 is 0.769 bits per heavy atom. The van der Waals surface area contributed by atoms with Gasteiger partial charge in [-0.25, -0.2) is 19.0 Å². The van der Waals surface area contributed by atoms with E-state index in [1.54, 1.807) is 30.3 Å². The third-order valence-electron chi connectivity index (χ3n) is 4.08. The summed E-state index contributed by atoms with van der Waals surface area (Å²) < 4.78 is 0.576. The molecular weight excluding hydrogens is 346 g/mol. The predicted molar refractivity (Wildman–Crippen MR) is 90.2 cm³/mol. The van der Waals surface area contributed by atoms with Gasteiger partial charge in [0.05, 0.1) is 6.54 Å². The Hall–Kier alpha value is -2.53. The van der Waals surface area contributed by atoms with Gasteiger partial charge in [0.15, 0.2) is 0 Å². The molecule has 0 fully saturated rings. The Kier molecular flexibility index (Phi) is 5.33. The molecule has 0 aliphatic rings. The monoisotopic (exact) mass is 367 g/mol. The molecule has 2 rings (SSSR count). The van der Waals surface area contributed by atoms with E-state index in [4.69, 9.17) is 0 Å². The first-order chi connectivity index (χ1) is 12.1. The number of nitrogens with zero attached hydrogens (tertiary/aromatic N) is 3. The molecule has 0 spiro atoms. The van der Waals surface area contributed by atoms with Crippen molar-refractivity contribution in [2.75, 3.05) is 0 Å². The van der Waals surface area contributed by atoms with Crippen molar-refractivity contribution < 1.29 is 20.4 Å². The number of aliphatic hydroxyl groups is 4. The van der Waals surface area contributed by atoms with Crippen molar-refractivity contribution in [2.45, 2.75) is 45.1 Å². The minimum absolute atomic E-state index is 0.0220. The molecule has 26 heavy (non-hydrogen) atoms. The number of rotatable bonds is 6. The van der Waals surface area contributed by atoms with E-state index >= 15 is 0 Å². The summed E-state index contributed by atoms with van der Waals surface area (Å²) in [6.07, 6.45) is -0.913. The quantitative estimate of drug-likeness (QED) is 0.442. The van der Waals surface area contributed by atoms with Crippen LogP contribution in [0.4, 0.5) is 0 Å². The average Bonchev–Trinajstić information content (AvgIpc) is 2.59. The van der Waals surface area contributed by atoms with Gasteiger partial charge in [-0.1, -0.05) is 44.2 Å². The van der Waals surface area contributed by atoms with Gasteiger partial charge in [-0.3, -0.25) is 0 Å². The first kappa shape index (κ1) is 19.8. The molecule has 0 atom stereocenters. The molecule has 10 heteroatoms. The van der Waals surface area contributed by atoms with E-state index in [1.165, 1.54) is 13.8 Å². The summed E-state index contributed by atoms with van der Waals surface area (Å²) >= 11 is 0. The van der Waals surface area contributed by atoms with Gasteiger partial charge in [0, 0.05) is 12.8 Å². The summed E-state index contributed by atoms with van der Waals surface area (Å²) in [5, 5.41) is 40.1. The Morgan fingerprint density at radius 3 is 1.58 bits per heavy atom. The van der Waals surface area contributed by atoms with E-state index in [1.807, 2.05) is 0 Å². The Labute approximate surface area is 147 Å². The third-order valence-corrected chi connectivity index (χ3v) is 4.08. The molecule has 0 saturated heterocycles. The summed E-state index contributed by atoms with van der Waals surface area (Å²) in [4.78, 5) is 37.7. The molecule has 2 aromatic rings. The van der Waals surface area contributed by atoms with Crippen LogP contribution in [0.15, 0.2) is 44.7 Å². The maximum Gasteiger partial charge on any atom is 0.345 e. The fourth-order valence-electron chi connectivity index (χ4n) is 2.42. The van der Waals surface area contributed by atoms with Crippen molar-refractivity contribution in [1.29, 1.82) is 0 Å². The van der Waals surface area contributed by atoms with Gasteiger partial charge in [-0.15, -0.1) is 0 Å². The van der Waals surface area contributed by atoms with Crippen molar-refractivity contribution in [3.63, 3.8) is 0 Å². The van der Waals surface area contributed by atoms with E-state index in [0.29, 0.717) is 10.1 Å². The van der Waals surface area contributed by atoms with Crippen LogP contribution in [0, 0.1) is 0 Å². The van der Waals surface area contributed by atoms with Crippen LogP contribution in [-0.4, -0.2) is 34.1 Å². The second kappa shape index (κ2) is 7.00. The highest BCUT2D eigenvalue weighted by atomic mass is 16.5. The number of aromatic nitrogens is 3. The van der Waals surface area contributed by atoms with Gasteiger partial charge >= 0.3 is 17.1 Å². The molecule has 0 aliphatic heterocycles. The second-order valence-corrected chi connectivity index (χ2v) is 5.85. The third kappa shape index (κ3) is 3.40. The predicted octanol–water partition coefficient (Wildman–Crippen LogP) is -1.77. The molecule has 10 nitrogen and oxygen atoms in total. The van der Waals surface area contributed by atoms with Crippen LogP contribution in [0.2, 0.25) is 0 Å². The minimum atomic E-state index is -2.91. The summed E-state index contributed by atoms with van der Waals surface area (Å²) in [6, 6.07) is 8.28. The zero-order valence-corrected chi connectivity index (χ0v) is 14.4. The zero-order valence-electron chi connectivity index (χ0n) is 14.4. The molecule has 0 radical (unpaired) electrons. The molecule has 4 N–H and O–H groups in total. The normalized spacial score (nSPS) is 12.4. The maximum atomic E-state index is 12.6. The maximum absolute atomic E-state index is 12.6. The van der Waals surface area contributed by atoms with E-state index in [0.717, 1.165) is 0 Å². The summed E-state index contributed by atoms with van der Waals surface area (Å²) in [5.74, 6) is -5.82. The van der Waals surface area contributed by atoms with Crippen LogP contribution in [0.25, 0.3) is 0 Å². The Morgan fingerprint density at radius 2 is 1.19 bits per heavy atom. The van der Waals surface area contributed by atoms with E-state index in [9.17, 15) is 34.8 Å². The van der Waals surface area contributed by atoms with Gasteiger partial charge in [-0.05, 0) is 5.56 Å². The van der Waals surface area contributed by atoms with E-state index < -0.39 is 41.7 Å². The molecule has 0 unspecified atom stereocenters. The van der Waals surface area contributed by atoms with Crippen molar-refractivity contribution in [1.82, 2.24) is 13.7 Å². The highest BCUT2D eigenvalue weighted by Gasteiger charge is 2.36. The molecule has 1 aromatic heterocycles. The van der Waals surface area contributed by atoms with Crippen molar-refractivity contribution in [3.8, 4) is 0 Å². The average molecular weight is 367 g/mol. The SMILES string of the molecule is CCC(O)(O)n1c(=O)n(Cc2ccccc2)c(=O)n(C(O)(O)CC)c1=O. The van der Waals surface area contributed by atoms with E-state index in [-0.39, 0.29) is 15.7 Å². The van der Waals surface area contributed by atoms with Crippen molar-refractivity contribution in [2.24, 2.45) is 0 Å². The lowest BCUT2D eigenvalue weighted by molar-refractivity contribution is -0.253. The lowest BCUT2D eigenvalue weighted by Crippen LogP contribution is -2.64. The molecule has 0 amide bonds. The summed E-state index contributed by atoms with van der Waals surface area (Å²) in [5.41, 5.74) is -3.58. The second-order valence-electron chi connectivity index (χ2n) is 5.85. The largest absolute Gasteiger partial charge is 0.348 e. The van der Waals surface area contributed by atoms with Crippen molar-refractivity contribution >= 4 is 0 Å². The van der Waals surface area contributed by atoms with Crippen LogP contribution in [0.1, 0.15) is 32.3 Å². The van der Waals surface area contributed by atoms with Crippen LogP contribution in [0.5, 0.6) is 0 Å². The fraction of sp³-hybridized carbons (Fsp3) is 0.438. The zero-order chi connectivity index (χ0) is 19.7. The van der Waals surface area contributed by atoms with E-state index in [2.05, 4.69) is 0 Å². The van der Waals surface area contributed by atoms with Gasteiger partial charge < -0.3 is 20.4 Å². The highest BCUT2D eigenvalue weighted by molar-refractivity contribution is 5.15. The van der Waals surface area contributed by atoms with Crippen LogP contribution < -0.4 is 17.1 Å². The molecule has 142 valence electrons. The molecule has 0 aliphatic carbocycles. The minimum Gasteiger partial charge on any atom is -0.348 e. The smallest absolute Gasteiger partial charge is 0.345 e. The first-order valence-corrected chi connectivity index (χ1v) is 8.00. The fourth-order valence-corrected chi connectivity index (χ4v) is 2.42. The highest BCUT2D eigenvalue weighted by Crippen LogP contribution is 2.11. The summed E-state index contributed by atoms with van der Waals surface area (Å²) in [6.45, 7) is 2.29. The number of benzene rings is 1. The topological polar surface area (TPSA) is 147 Å². The molecule has 0 saturated carbocycles. The molecule has 1 aromatic carbocycles. The summed E-state index contributed by atoms with van der Waals surface area (Å²) in [7, 11) is 0. The lowest BCUT2D eigenvalue weighted by Gasteiger charge is -2.27. The van der Waals surface area contributed by atoms with Crippen LogP contribution in [-0.2, 0) is 18.4 Å². The number of hydrogen-bond donors (Lipinski definition) is 4. The molecule has 1 heterocycles. The Balaban J connectivity index is 2.90. The molecular formula is C16H21N3O7. The standard InChI is InChI=1S/C16H21N3O7/c1-3-15(23,24)18-12(20)17(10-11-8-6-5-7-9-11)13(21)19(14(18)22)16(25,26)4-2/h5-9,23-26H,3-4,10H2,1-2H3.